The standard InChI is InChI=1S/C16H29NO2Si/c1-8-10-14(20(5,6)7)13-11-9-12-17(13)15(18)19-16(2,3)4/h8,13H,9,11-12H2,1-7H3. The van der Waals surface area contributed by atoms with Crippen molar-refractivity contribution in [3.63, 3.8) is 0 Å². The molecule has 1 aliphatic heterocycles. The monoisotopic (exact) mass is 295 g/mol. The minimum absolute atomic E-state index is 0.174. The number of hydrogen-bond acceptors (Lipinski definition) is 2. The molecule has 0 aromatic heterocycles. The Balaban J connectivity index is 3.00. The number of rotatable bonds is 2. The van der Waals surface area contributed by atoms with E-state index in [1.165, 1.54) is 5.20 Å². The Hall–Kier alpha value is -0.993. The maximum absolute atomic E-state index is 12.4. The van der Waals surface area contributed by atoms with Crippen LogP contribution in [0.25, 0.3) is 0 Å². The lowest BCUT2D eigenvalue weighted by Crippen LogP contribution is -2.44. The first kappa shape index (κ1) is 17.1. The van der Waals surface area contributed by atoms with E-state index >= 15 is 0 Å². The van der Waals surface area contributed by atoms with Gasteiger partial charge in [-0.15, -0.1) is 5.73 Å². The van der Waals surface area contributed by atoms with E-state index in [1.807, 2.05) is 38.7 Å². The van der Waals surface area contributed by atoms with E-state index in [2.05, 4.69) is 25.4 Å². The lowest BCUT2D eigenvalue weighted by atomic mass is 10.2. The fourth-order valence-corrected chi connectivity index (χ4v) is 4.45. The number of hydrogen-bond donors (Lipinski definition) is 0. The van der Waals surface area contributed by atoms with E-state index in [-0.39, 0.29) is 12.1 Å². The van der Waals surface area contributed by atoms with Crippen LogP contribution in [0.4, 0.5) is 4.79 Å². The smallest absolute Gasteiger partial charge is 0.410 e. The number of carbonyl (C=O) groups excluding carboxylic acids is 1. The fourth-order valence-electron chi connectivity index (χ4n) is 2.57. The maximum atomic E-state index is 12.4. The average Bonchev–Trinajstić information content (AvgIpc) is 2.70. The first-order chi connectivity index (χ1) is 9.06. The van der Waals surface area contributed by atoms with Crippen molar-refractivity contribution in [3.05, 3.63) is 17.0 Å². The molecule has 1 fully saturated rings. The molecular formula is C16H29NO2Si. The van der Waals surface area contributed by atoms with Crippen molar-refractivity contribution >= 4 is 14.2 Å². The maximum Gasteiger partial charge on any atom is 0.410 e. The minimum atomic E-state index is -1.49. The molecule has 1 rings (SSSR count). The quantitative estimate of drug-likeness (QED) is 0.559. The van der Waals surface area contributed by atoms with Crippen molar-refractivity contribution in [1.29, 1.82) is 0 Å². The summed E-state index contributed by atoms with van der Waals surface area (Å²) in [5.41, 5.74) is 2.98. The van der Waals surface area contributed by atoms with Crippen molar-refractivity contribution in [2.75, 3.05) is 6.54 Å². The molecular weight excluding hydrogens is 266 g/mol. The van der Waals surface area contributed by atoms with Gasteiger partial charge >= 0.3 is 6.09 Å². The van der Waals surface area contributed by atoms with Gasteiger partial charge in [-0.3, -0.25) is 0 Å². The van der Waals surface area contributed by atoms with Crippen LogP contribution in [-0.2, 0) is 4.74 Å². The fraction of sp³-hybridized carbons (Fsp3) is 0.750. The van der Waals surface area contributed by atoms with Gasteiger partial charge in [0.1, 0.15) is 5.60 Å². The highest BCUT2D eigenvalue weighted by Gasteiger charge is 2.38. The summed E-state index contributed by atoms with van der Waals surface area (Å²) in [5, 5.41) is 1.32. The average molecular weight is 295 g/mol. The second-order valence-electron chi connectivity index (χ2n) is 7.43. The highest BCUT2D eigenvalue weighted by molar-refractivity contribution is 6.83. The van der Waals surface area contributed by atoms with E-state index in [1.54, 1.807) is 0 Å². The van der Waals surface area contributed by atoms with E-state index in [4.69, 9.17) is 4.74 Å². The Morgan fingerprint density at radius 1 is 1.35 bits per heavy atom. The molecule has 1 aliphatic rings. The van der Waals surface area contributed by atoms with Gasteiger partial charge < -0.3 is 9.64 Å². The summed E-state index contributed by atoms with van der Waals surface area (Å²) >= 11 is 0. The molecule has 0 aromatic carbocycles. The van der Waals surface area contributed by atoms with Crippen LogP contribution in [0.15, 0.2) is 17.0 Å². The molecule has 20 heavy (non-hydrogen) atoms. The summed E-state index contributed by atoms with van der Waals surface area (Å²) in [6.07, 6.45) is 3.86. The number of likely N-dealkylation sites (tertiary alicyclic amines) is 1. The second kappa shape index (κ2) is 6.19. The predicted molar refractivity (Wildman–Crippen MR) is 86.6 cm³/mol. The Morgan fingerprint density at radius 3 is 2.40 bits per heavy atom. The molecule has 1 amide bonds. The Kier molecular flexibility index (Phi) is 5.28. The van der Waals surface area contributed by atoms with Crippen molar-refractivity contribution in [3.8, 4) is 0 Å². The number of ether oxygens (including phenoxy) is 1. The zero-order valence-electron chi connectivity index (χ0n) is 14.0. The summed E-state index contributed by atoms with van der Waals surface area (Å²) in [6, 6.07) is 0.174. The summed E-state index contributed by atoms with van der Waals surface area (Å²) < 4.78 is 5.54. The topological polar surface area (TPSA) is 29.5 Å². The molecule has 0 N–H and O–H groups in total. The third-order valence-electron chi connectivity index (χ3n) is 3.32. The van der Waals surface area contributed by atoms with Gasteiger partial charge in [-0.1, -0.05) is 19.6 Å². The van der Waals surface area contributed by atoms with Gasteiger partial charge in [-0.2, -0.15) is 0 Å². The van der Waals surface area contributed by atoms with E-state index in [0.29, 0.717) is 0 Å². The van der Waals surface area contributed by atoms with Gasteiger partial charge in [0.25, 0.3) is 0 Å². The van der Waals surface area contributed by atoms with Crippen LogP contribution in [0.2, 0.25) is 19.6 Å². The van der Waals surface area contributed by atoms with E-state index in [0.717, 1.165) is 19.4 Å². The Morgan fingerprint density at radius 2 is 1.95 bits per heavy atom. The van der Waals surface area contributed by atoms with Crippen molar-refractivity contribution in [2.45, 2.75) is 71.8 Å². The van der Waals surface area contributed by atoms with Gasteiger partial charge in [0.05, 0.1) is 14.1 Å². The molecule has 0 saturated carbocycles. The molecule has 0 spiro atoms. The SMILES string of the molecule is CC=C=C(C1CCCN1C(=O)OC(C)(C)C)[Si](C)(C)C. The first-order valence-corrected chi connectivity index (χ1v) is 11.0. The van der Waals surface area contributed by atoms with E-state index in [9.17, 15) is 4.79 Å². The molecule has 0 aromatic rings. The molecule has 1 saturated heterocycles. The Bertz CT molecular complexity index is 423. The van der Waals surface area contributed by atoms with Crippen molar-refractivity contribution < 1.29 is 9.53 Å². The van der Waals surface area contributed by atoms with Gasteiger partial charge in [-0.05, 0) is 51.8 Å². The predicted octanol–water partition coefficient (Wildman–Crippen LogP) is 4.36. The highest BCUT2D eigenvalue weighted by Crippen LogP contribution is 2.30. The van der Waals surface area contributed by atoms with Crippen LogP contribution in [-0.4, -0.2) is 37.3 Å². The van der Waals surface area contributed by atoms with Crippen LogP contribution in [0.1, 0.15) is 40.5 Å². The van der Waals surface area contributed by atoms with Crippen molar-refractivity contribution in [2.24, 2.45) is 0 Å². The van der Waals surface area contributed by atoms with Crippen LogP contribution in [0.3, 0.4) is 0 Å². The summed E-state index contributed by atoms with van der Waals surface area (Å²) in [5.74, 6) is 0. The lowest BCUT2D eigenvalue weighted by molar-refractivity contribution is 0.0253. The molecule has 114 valence electrons. The molecule has 0 radical (unpaired) electrons. The zero-order chi connectivity index (χ0) is 15.6. The number of nitrogens with zero attached hydrogens (tertiary/aromatic N) is 1. The van der Waals surface area contributed by atoms with Crippen molar-refractivity contribution in [1.82, 2.24) is 4.90 Å². The summed E-state index contributed by atoms with van der Waals surface area (Å²) in [7, 11) is -1.49. The normalized spacial score (nSPS) is 19.6. The highest BCUT2D eigenvalue weighted by atomic mass is 28.3. The van der Waals surface area contributed by atoms with Crippen LogP contribution >= 0.6 is 0 Å². The molecule has 4 heteroatoms. The van der Waals surface area contributed by atoms with Crippen LogP contribution in [0.5, 0.6) is 0 Å². The van der Waals surface area contributed by atoms with Gasteiger partial charge in [-0.25, -0.2) is 4.79 Å². The van der Waals surface area contributed by atoms with Crippen LogP contribution in [0, 0.1) is 0 Å². The number of amides is 1. The van der Waals surface area contributed by atoms with E-state index < -0.39 is 13.7 Å². The molecule has 3 nitrogen and oxygen atoms in total. The molecule has 0 bridgehead atoms. The third kappa shape index (κ3) is 4.53. The van der Waals surface area contributed by atoms with Gasteiger partial charge in [0, 0.05) is 6.54 Å². The molecule has 1 atom stereocenters. The summed E-state index contributed by atoms with van der Waals surface area (Å²) in [4.78, 5) is 14.3. The summed E-state index contributed by atoms with van der Waals surface area (Å²) in [6.45, 7) is 15.5. The zero-order valence-corrected chi connectivity index (χ0v) is 15.0. The number of carbonyl (C=O) groups is 1. The minimum Gasteiger partial charge on any atom is -0.444 e. The second-order valence-corrected chi connectivity index (χ2v) is 12.5. The van der Waals surface area contributed by atoms with Gasteiger partial charge in [0.2, 0.25) is 0 Å². The lowest BCUT2D eigenvalue weighted by Gasteiger charge is -2.33. The Labute approximate surface area is 124 Å². The molecule has 1 unspecified atom stereocenters. The third-order valence-corrected chi connectivity index (χ3v) is 5.42. The largest absolute Gasteiger partial charge is 0.444 e. The molecule has 1 heterocycles. The molecule has 0 aliphatic carbocycles. The first-order valence-electron chi connectivity index (χ1n) is 7.47. The van der Waals surface area contributed by atoms with Crippen LogP contribution < -0.4 is 0 Å². The van der Waals surface area contributed by atoms with Gasteiger partial charge in [0.15, 0.2) is 0 Å².